The first-order chi connectivity index (χ1) is 11.5. The van der Waals surface area contributed by atoms with E-state index in [1.165, 1.54) is 12.1 Å². The molecule has 1 aliphatic rings. The van der Waals surface area contributed by atoms with Gasteiger partial charge in [0, 0.05) is 23.7 Å². The Morgan fingerprint density at radius 2 is 1.84 bits per heavy atom. The normalized spacial score (nSPS) is 21.7. The van der Waals surface area contributed by atoms with Crippen LogP contribution in [0.3, 0.4) is 0 Å². The van der Waals surface area contributed by atoms with Crippen LogP contribution in [-0.4, -0.2) is 56.5 Å². The van der Waals surface area contributed by atoms with Crippen LogP contribution in [0.5, 0.6) is 5.75 Å². The first-order valence-corrected chi connectivity index (χ1v) is 8.53. The molecule has 1 aromatic carbocycles. The molecule has 0 bridgehead atoms. The van der Waals surface area contributed by atoms with Crippen LogP contribution in [0.2, 0.25) is 0 Å². The maximum absolute atomic E-state index is 11.0. The number of β-amino-alcohol motifs (C(OH)–C–C–N with tert-alkyl or cyclic N) is 1. The van der Waals surface area contributed by atoms with Gasteiger partial charge in [-0.1, -0.05) is 12.1 Å². The third-order valence-corrected chi connectivity index (χ3v) is 4.82. The lowest BCUT2D eigenvalue weighted by atomic mass is 9.78. The molecule has 7 heteroatoms. The van der Waals surface area contributed by atoms with Gasteiger partial charge >= 0.3 is 5.69 Å². The van der Waals surface area contributed by atoms with Gasteiger partial charge in [0.1, 0.15) is 12.7 Å². The Hall–Kier alpha value is -1.70. The first kappa shape index (κ1) is 19.6. The maximum Gasteiger partial charge on any atom is 0.310 e. The molecule has 2 rings (SSSR count). The first-order valence-electron chi connectivity index (χ1n) is 8.53. The second kappa shape index (κ2) is 7.27. The summed E-state index contributed by atoms with van der Waals surface area (Å²) >= 11 is 0. The molecule has 25 heavy (non-hydrogen) atoms. The molecule has 1 fully saturated rings. The summed E-state index contributed by atoms with van der Waals surface area (Å²) in [6.45, 7) is 8.53. The number of nitro groups is 1. The summed E-state index contributed by atoms with van der Waals surface area (Å²) < 4.78 is 5.49. The predicted octanol–water partition coefficient (Wildman–Crippen LogP) is 2.35. The number of nitro benzene ring substituents is 1. The van der Waals surface area contributed by atoms with Crippen molar-refractivity contribution in [2.24, 2.45) is 0 Å². The molecule has 2 N–H and O–H groups in total. The molecule has 0 unspecified atom stereocenters. The number of ether oxygens (including phenoxy) is 1. The van der Waals surface area contributed by atoms with Crippen molar-refractivity contribution < 1.29 is 19.9 Å². The fraction of sp³-hybridized carbons (Fsp3) is 0.667. The molecule has 0 amide bonds. The van der Waals surface area contributed by atoms with Gasteiger partial charge in [-0.15, -0.1) is 0 Å². The number of piperidine rings is 1. The topological polar surface area (TPSA) is 96.1 Å². The number of benzene rings is 1. The third-order valence-electron chi connectivity index (χ3n) is 4.82. The zero-order valence-corrected chi connectivity index (χ0v) is 15.3. The van der Waals surface area contributed by atoms with E-state index < -0.39 is 11.0 Å². The molecule has 140 valence electrons. The molecular weight excluding hydrogens is 324 g/mol. The van der Waals surface area contributed by atoms with Crippen LogP contribution >= 0.6 is 0 Å². The van der Waals surface area contributed by atoms with Gasteiger partial charge in [-0.05, 0) is 46.6 Å². The molecule has 1 aliphatic heterocycles. The van der Waals surface area contributed by atoms with E-state index in [2.05, 4.69) is 4.90 Å². The van der Waals surface area contributed by atoms with Crippen LogP contribution < -0.4 is 4.74 Å². The molecule has 1 saturated heterocycles. The number of para-hydroxylation sites is 2. The lowest BCUT2D eigenvalue weighted by Gasteiger charge is -2.54. The smallest absolute Gasteiger partial charge is 0.310 e. The molecule has 0 saturated carbocycles. The van der Waals surface area contributed by atoms with Crippen molar-refractivity contribution >= 4 is 5.69 Å². The number of nitrogens with zero attached hydrogens (tertiary/aromatic N) is 2. The van der Waals surface area contributed by atoms with Crippen molar-refractivity contribution in [3.8, 4) is 5.75 Å². The van der Waals surface area contributed by atoms with Crippen LogP contribution in [0.4, 0.5) is 5.69 Å². The zero-order chi connectivity index (χ0) is 18.8. The summed E-state index contributed by atoms with van der Waals surface area (Å²) in [6, 6.07) is 6.13. The Kier molecular flexibility index (Phi) is 5.71. The van der Waals surface area contributed by atoms with E-state index in [-0.39, 0.29) is 35.2 Å². The summed E-state index contributed by atoms with van der Waals surface area (Å²) in [5.41, 5.74) is -0.640. The predicted molar refractivity (Wildman–Crippen MR) is 94.7 cm³/mol. The number of hydrogen-bond donors (Lipinski definition) is 2. The van der Waals surface area contributed by atoms with Crippen molar-refractivity contribution in [3.63, 3.8) is 0 Å². The van der Waals surface area contributed by atoms with Gasteiger partial charge in [0.2, 0.25) is 0 Å². The highest BCUT2D eigenvalue weighted by molar-refractivity contribution is 5.45. The van der Waals surface area contributed by atoms with E-state index in [4.69, 9.17) is 4.74 Å². The van der Waals surface area contributed by atoms with Crippen LogP contribution in [0.25, 0.3) is 0 Å². The third kappa shape index (κ3) is 4.68. The van der Waals surface area contributed by atoms with Crippen molar-refractivity contribution in [2.45, 2.75) is 63.8 Å². The highest BCUT2D eigenvalue weighted by atomic mass is 16.6. The quantitative estimate of drug-likeness (QED) is 0.603. The number of rotatable bonds is 6. The Bertz CT molecular complexity index is 599. The highest BCUT2D eigenvalue weighted by Crippen LogP contribution is 2.38. The van der Waals surface area contributed by atoms with Crippen molar-refractivity contribution in [2.75, 3.05) is 13.2 Å². The van der Waals surface area contributed by atoms with E-state index >= 15 is 0 Å². The lowest BCUT2D eigenvalue weighted by Crippen LogP contribution is -2.63. The molecule has 0 aliphatic carbocycles. The van der Waals surface area contributed by atoms with Crippen LogP contribution in [0.1, 0.15) is 40.5 Å². The standard InChI is InChI=1S/C18H28N2O5/c1-17(2)9-13(21)10-18(3,4)19(17)11-14(22)12-25-16-8-6-5-7-15(16)20(23)24/h5-8,13-14,21-22H,9-12H2,1-4H3/t14-/m0/s1. The summed E-state index contributed by atoms with van der Waals surface area (Å²) in [7, 11) is 0. The van der Waals surface area contributed by atoms with Gasteiger partial charge in [0.05, 0.1) is 11.0 Å². The largest absolute Gasteiger partial charge is 0.484 e. The molecule has 1 aromatic rings. The molecule has 0 spiro atoms. The van der Waals surface area contributed by atoms with E-state index in [1.54, 1.807) is 12.1 Å². The van der Waals surface area contributed by atoms with Gasteiger partial charge in [0.15, 0.2) is 5.75 Å². The fourth-order valence-corrected chi connectivity index (χ4v) is 3.94. The second-order valence-electron chi connectivity index (χ2n) is 7.99. The van der Waals surface area contributed by atoms with E-state index in [0.29, 0.717) is 19.4 Å². The summed E-state index contributed by atoms with van der Waals surface area (Å²) in [4.78, 5) is 12.7. The number of aliphatic hydroxyl groups excluding tert-OH is 2. The Morgan fingerprint density at radius 1 is 1.28 bits per heavy atom. The van der Waals surface area contributed by atoms with E-state index in [9.17, 15) is 20.3 Å². The fourth-order valence-electron chi connectivity index (χ4n) is 3.94. The number of hydrogen-bond acceptors (Lipinski definition) is 6. The van der Waals surface area contributed by atoms with Crippen molar-refractivity contribution in [1.82, 2.24) is 4.90 Å². The summed E-state index contributed by atoms with van der Waals surface area (Å²) in [6.07, 6.45) is 0.109. The minimum Gasteiger partial charge on any atom is -0.484 e. The van der Waals surface area contributed by atoms with Gasteiger partial charge < -0.3 is 14.9 Å². The van der Waals surface area contributed by atoms with Gasteiger partial charge in [0.25, 0.3) is 0 Å². The Morgan fingerprint density at radius 3 is 2.40 bits per heavy atom. The Balaban J connectivity index is 2.02. The van der Waals surface area contributed by atoms with Gasteiger partial charge in [-0.3, -0.25) is 15.0 Å². The van der Waals surface area contributed by atoms with Gasteiger partial charge in [-0.25, -0.2) is 0 Å². The molecule has 0 radical (unpaired) electrons. The molecule has 1 atom stereocenters. The average Bonchev–Trinajstić information content (AvgIpc) is 2.48. The number of likely N-dealkylation sites (tertiary alicyclic amines) is 1. The maximum atomic E-state index is 11.0. The summed E-state index contributed by atoms with van der Waals surface area (Å²) in [5, 5.41) is 31.5. The number of aliphatic hydroxyl groups is 2. The molecule has 1 heterocycles. The lowest BCUT2D eigenvalue weighted by molar-refractivity contribution is -0.385. The van der Waals surface area contributed by atoms with Crippen LogP contribution in [-0.2, 0) is 0 Å². The van der Waals surface area contributed by atoms with Crippen molar-refractivity contribution in [1.29, 1.82) is 0 Å². The Labute approximate surface area is 148 Å². The van der Waals surface area contributed by atoms with E-state index in [1.807, 2.05) is 27.7 Å². The average molecular weight is 352 g/mol. The second-order valence-corrected chi connectivity index (χ2v) is 7.99. The van der Waals surface area contributed by atoms with Crippen LogP contribution in [0.15, 0.2) is 24.3 Å². The molecule has 0 aromatic heterocycles. The van der Waals surface area contributed by atoms with Crippen molar-refractivity contribution in [3.05, 3.63) is 34.4 Å². The highest BCUT2D eigenvalue weighted by Gasteiger charge is 2.45. The van der Waals surface area contributed by atoms with Gasteiger partial charge in [-0.2, -0.15) is 0 Å². The van der Waals surface area contributed by atoms with E-state index in [0.717, 1.165) is 0 Å². The minimum atomic E-state index is -0.798. The van der Waals surface area contributed by atoms with Crippen LogP contribution in [0, 0.1) is 10.1 Å². The monoisotopic (exact) mass is 352 g/mol. The minimum absolute atomic E-state index is 0.0317. The zero-order valence-electron chi connectivity index (χ0n) is 15.3. The summed E-state index contributed by atoms with van der Waals surface area (Å²) in [5.74, 6) is 0.152. The molecular formula is C18H28N2O5. The molecule has 7 nitrogen and oxygen atoms in total. The SMILES string of the molecule is CC1(C)CC(O)CC(C)(C)N1C[C@H](O)COc1ccccc1[N+](=O)[O-].